The van der Waals surface area contributed by atoms with Gasteiger partial charge in [-0.25, -0.2) is 0 Å². The Morgan fingerprint density at radius 3 is 2.28 bits per heavy atom. The Morgan fingerprint density at radius 2 is 1.61 bits per heavy atom. The zero-order valence-electron chi connectivity index (χ0n) is 10.9. The minimum Gasteiger partial charge on any atom is -0.392 e. The number of hydrogen-bond acceptors (Lipinski definition) is 2. The average Bonchev–Trinajstić information content (AvgIpc) is 2.39. The van der Waals surface area contributed by atoms with E-state index in [1.54, 1.807) is 0 Å². The Morgan fingerprint density at radius 1 is 1.00 bits per heavy atom. The second-order valence-electron chi connectivity index (χ2n) is 4.61. The first-order valence-electron chi connectivity index (χ1n) is 6.22. The van der Waals surface area contributed by atoms with Gasteiger partial charge in [-0.1, -0.05) is 48.5 Å². The smallest absolute Gasteiger partial charge is 0.0686 e. The molecule has 0 aromatic heterocycles. The second kappa shape index (κ2) is 5.69. The topological polar surface area (TPSA) is 23.5 Å². The van der Waals surface area contributed by atoms with E-state index >= 15 is 0 Å². The number of aliphatic hydroxyl groups is 1. The number of aliphatic hydroxyl groups excluding tert-OH is 1. The molecule has 2 heteroatoms. The van der Waals surface area contributed by atoms with Crippen molar-refractivity contribution >= 4 is 5.69 Å². The van der Waals surface area contributed by atoms with E-state index in [1.807, 2.05) is 44.3 Å². The van der Waals surface area contributed by atoms with Gasteiger partial charge >= 0.3 is 0 Å². The van der Waals surface area contributed by atoms with Crippen LogP contribution in [0.15, 0.2) is 54.6 Å². The van der Waals surface area contributed by atoms with Crippen molar-refractivity contribution in [1.29, 1.82) is 0 Å². The number of likely N-dealkylation sites (N-methyl/N-ethyl adjacent to an activating group) is 1. The number of rotatable bonds is 4. The van der Waals surface area contributed by atoms with Gasteiger partial charge in [-0.2, -0.15) is 0 Å². The lowest BCUT2D eigenvalue weighted by molar-refractivity contribution is 0.201. The molecule has 2 aromatic carbocycles. The summed E-state index contributed by atoms with van der Waals surface area (Å²) in [7, 11) is 2.01. The fourth-order valence-corrected chi connectivity index (χ4v) is 2.16. The van der Waals surface area contributed by atoms with Gasteiger partial charge in [-0.15, -0.1) is 0 Å². The highest BCUT2D eigenvalue weighted by molar-refractivity contribution is 5.78. The van der Waals surface area contributed by atoms with Gasteiger partial charge in [0.05, 0.1) is 6.10 Å². The van der Waals surface area contributed by atoms with E-state index in [-0.39, 0.29) is 6.10 Å². The number of nitrogens with zero attached hydrogens (tertiary/aromatic N) is 1. The normalized spacial score (nSPS) is 12.2. The van der Waals surface area contributed by atoms with Crippen LogP contribution in [0.25, 0.3) is 11.1 Å². The predicted octanol–water partition coefficient (Wildman–Crippen LogP) is 3.17. The highest BCUT2D eigenvalue weighted by Crippen LogP contribution is 2.29. The Bertz CT molecular complexity index is 493. The lowest BCUT2D eigenvalue weighted by Gasteiger charge is -2.23. The molecule has 1 unspecified atom stereocenters. The standard InChI is InChI=1S/C16H19NO/c1-13(18)12-17(2)16-11-7-6-10-15(16)14-8-4-3-5-9-14/h3-11,13,18H,12H2,1-2H3. The van der Waals surface area contributed by atoms with Crippen molar-refractivity contribution in [3.63, 3.8) is 0 Å². The summed E-state index contributed by atoms with van der Waals surface area (Å²) >= 11 is 0. The molecular weight excluding hydrogens is 222 g/mol. The van der Waals surface area contributed by atoms with Gasteiger partial charge in [0.1, 0.15) is 0 Å². The van der Waals surface area contributed by atoms with Gasteiger partial charge < -0.3 is 10.0 Å². The van der Waals surface area contributed by atoms with Crippen LogP contribution in [0.4, 0.5) is 5.69 Å². The lowest BCUT2D eigenvalue weighted by atomic mass is 10.0. The molecule has 0 amide bonds. The van der Waals surface area contributed by atoms with Gasteiger partial charge in [0, 0.05) is 24.8 Å². The van der Waals surface area contributed by atoms with E-state index in [0.717, 1.165) is 5.69 Å². The van der Waals surface area contributed by atoms with Crippen molar-refractivity contribution < 1.29 is 5.11 Å². The molecule has 0 radical (unpaired) electrons. The summed E-state index contributed by atoms with van der Waals surface area (Å²) in [6, 6.07) is 18.6. The molecule has 0 aliphatic heterocycles. The number of benzene rings is 2. The van der Waals surface area contributed by atoms with Gasteiger partial charge in [0.15, 0.2) is 0 Å². The van der Waals surface area contributed by atoms with E-state index < -0.39 is 0 Å². The van der Waals surface area contributed by atoms with Crippen LogP contribution < -0.4 is 4.90 Å². The zero-order chi connectivity index (χ0) is 13.0. The van der Waals surface area contributed by atoms with Crippen molar-refractivity contribution in [2.75, 3.05) is 18.5 Å². The van der Waals surface area contributed by atoms with E-state index in [4.69, 9.17) is 0 Å². The molecule has 0 saturated heterocycles. The summed E-state index contributed by atoms with van der Waals surface area (Å²) in [5.74, 6) is 0. The summed E-state index contributed by atoms with van der Waals surface area (Å²) < 4.78 is 0. The maximum Gasteiger partial charge on any atom is 0.0686 e. The van der Waals surface area contributed by atoms with Crippen LogP contribution >= 0.6 is 0 Å². The second-order valence-corrected chi connectivity index (χ2v) is 4.61. The minimum absolute atomic E-state index is 0.334. The molecule has 2 aromatic rings. The van der Waals surface area contributed by atoms with E-state index in [0.29, 0.717) is 6.54 Å². The Balaban J connectivity index is 2.37. The molecule has 0 saturated carbocycles. The summed E-state index contributed by atoms with van der Waals surface area (Å²) in [4.78, 5) is 2.09. The van der Waals surface area contributed by atoms with Gasteiger partial charge in [0.25, 0.3) is 0 Å². The van der Waals surface area contributed by atoms with Gasteiger partial charge in [0.2, 0.25) is 0 Å². The third-order valence-corrected chi connectivity index (χ3v) is 2.94. The molecule has 0 aliphatic carbocycles. The highest BCUT2D eigenvalue weighted by Gasteiger charge is 2.09. The molecule has 0 bridgehead atoms. The SMILES string of the molecule is CC(O)CN(C)c1ccccc1-c1ccccc1. The van der Waals surface area contributed by atoms with Crippen molar-refractivity contribution in [1.82, 2.24) is 0 Å². The van der Waals surface area contributed by atoms with Crippen LogP contribution in [0.3, 0.4) is 0 Å². The summed E-state index contributed by atoms with van der Waals surface area (Å²) in [6.07, 6.45) is -0.334. The summed E-state index contributed by atoms with van der Waals surface area (Å²) in [5.41, 5.74) is 3.54. The molecule has 2 rings (SSSR count). The predicted molar refractivity (Wildman–Crippen MR) is 76.8 cm³/mol. The third-order valence-electron chi connectivity index (χ3n) is 2.94. The van der Waals surface area contributed by atoms with Crippen LogP contribution in [0.2, 0.25) is 0 Å². The maximum atomic E-state index is 9.50. The van der Waals surface area contributed by atoms with E-state index in [1.165, 1.54) is 11.1 Å². The molecule has 0 heterocycles. The van der Waals surface area contributed by atoms with Gasteiger partial charge in [-0.05, 0) is 18.6 Å². The molecule has 0 aliphatic rings. The first kappa shape index (κ1) is 12.7. The zero-order valence-corrected chi connectivity index (χ0v) is 10.9. The number of para-hydroxylation sites is 1. The Labute approximate surface area is 109 Å². The van der Waals surface area contributed by atoms with Crippen LogP contribution in [0, 0.1) is 0 Å². The quantitative estimate of drug-likeness (QED) is 0.888. The minimum atomic E-state index is -0.334. The first-order chi connectivity index (χ1) is 8.68. The Hall–Kier alpha value is -1.80. The molecule has 1 N–H and O–H groups in total. The van der Waals surface area contributed by atoms with Crippen LogP contribution in [0.1, 0.15) is 6.92 Å². The average molecular weight is 241 g/mol. The first-order valence-corrected chi connectivity index (χ1v) is 6.22. The fraction of sp³-hybridized carbons (Fsp3) is 0.250. The fourth-order valence-electron chi connectivity index (χ4n) is 2.16. The van der Waals surface area contributed by atoms with Crippen molar-refractivity contribution in [2.24, 2.45) is 0 Å². The summed E-state index contributed by atoms with van der Waals surface area (Å²) in [5, 5.41) is 9.50. The van der Waals surface area contributed by atoms with E-state index in [2.05, 4.69) is 29.2 Å². The van der Waals surface area contributed by atoms with Crippen molar-refractivity contribution in [3.8, 4) is 11.1 Å². The number of anilines is 1. The Kier molecular flexibility index (Phi) is 4.00. The number of hydrogen-bond donors (Lipinski definition) is 1. The third kappa shape index (κ3) is 2.90. The highest BCUT2D eigenvalue weighted by atomic mass is 16.3. The van der Waals surface area contributed by atoms with Crippen LogP contribution in [0.5, 0.6) is 0 Å². The molecule has 94 valence electrons. The molecule has 1 atom stereocenters. The van der Waals surface area contributed by atoms with Crippen LogP contribution in [-0.4, -0.2) is 24.8 Å². The lowest BCUT2D eigenvalue weighted by Crippen LogP contribution is -2.27. The molecule has 18 heavy (non-hydrogen) atoms. The van der Waals surface area contributed by atoms with E-state index in [9.17, 15) is 5.11 Å². The maximum absolute atomic E-state index is 9.50. The molecule has 0 spiro atoms. The summed E-state index contributed by atoms with van der Waals surface area (Å²) in [6.45, 7) is 2.44. The monoisotopic (exact) mass is 241 g/mol. The molecular formula is C16H19NO. The van der Waals surface area contributed by atoms with Crippen molar-refractivity contribution in [2.45, 2.75) is 13.0 Å². The van der Waals surface area contributed by atoms with Gasteiger partial charge in [-0.3, -0.25) is 0 Å². The van der Waals surface area contributed by atoms with Crippen LogP contribution in [-0.2, 0) is 0 Å². The molecule has 0 fully saturated rings. The van der Waals surface area contributed by atoms with Crippen molar-refractivity contribution in [3.05, 3.63) is 54.6 Å². The largest absolute Gasteiger partial charge is 0.392 e. The molecule has 2 nitrogen and oxygen atoms in total.